The van der Waals surface area contributed by atoms with Gasteiger partial charge in [0.2, 0.25) is 5.91 Å². The minimum Gasteiger partial charge on any atom is -0.324 e. The van der Waals surface area contributed by atoms with Gasteiger partial charge in [0, 0.05) is 0 Å². The number of hydrogen-bond acceptors (Lipinski definition) is 4. The summed E-state index contributed by atoms with van der Waals surface area (Å²) in [6, 6.07) is 3.77. The number of hydrogen-bond donors (Lipinski definition) is 1. The van der Waals surface area contributed by atoms with Crippen LogP contribution >= 0.6 is 23.1 Å². The molecule has 0 saturated heterocycles. The fourth-order valence-electron chi connectivity index (χ4n) is 0.941. The molecule has 60 valence electrons. The van der Waals surface area contributed by atoms with Gasteiger partial charge in [-0.3, -0.25) is 4.79 Å². The molecule has 0 fully saturated rings. The van der Waals surface area contributed by atoms with Crippen LogP contribution in [0, 0.1) is 11.3 Å². The predicted octanol–water partition coefficient (Wildman–Crippen LogP) is 1.66. The number of fused-ring (bicyclic) bond motifs is 1. The molecule has 2 heterocycles. The highest BCUT2D eigenvalue weighted by Gasteiger charge is 2.18. The molecule has 0 atom stereocenters. The van der Waals surface area contributed by atoms with Crippen LogP contribution in [-0.4, -0.2) is 11.7 Å². The van der Waals surface area contributed by atoms with Crippen LogP contribution in [0.2, 0.25) is 0 Å². The van der Waals surface area contributed by atoms with Crippen molar-refractivity contribution >= 4 is 34.7 Å². The molecule has 1 N–H and O–H groups in total. The fourth-order valence-corrected chi connectivity index (χ4v) is 2.86. The smallest absolute Gasteiger partial charge is 0.234 e. The van der Waals surface area contributed by atoms with E-state index in [2.05, 4.69) is 11.4 Å². The zero-order chi connectivity index (χ0) is 8.55. The van der Waals surface area contributed by atoms with Gasteiger partial charge in [-0.05, 0) is 6.07 Å². The van der Waals surface area contributed by atoms with Crippen LogP contribution in [0.5, 0.6) is 0 Å². The summed E-state index contributed by atoms with van der Waals surface area (Å²) in [5.74, 6) is 0.466. The van der Waals surface area contributed by atoms with E-state index in [1.807, 2.05) is 0 Å². The van der Waals surface area contributed by atoms with Crippen LogP contribution in [-0.2, 0) is 4.79 Å². The van der Waals surface area contributed by atoms with E-state index >= 15 is 0 Å². The third-order valence-corrected chi connectivity index (χ3v) is 3.74. The number of nitriles is 1. The minimum absolute atomic E-state index is 0.00906. The summed E-state index contributed by atoms with van der Waals surface area (Å²) in [6.45, 7) is 0. The molecule has 1 amide bonds. The molecule has 3 nitrogen and oxygen atoms in total. The van der Waals surface area contributed by atoms with Gasteiger partial charge in [0.25, 0.3) is 0 Å². The van der Waals surface area contributed by atoms with E-state index in [-0.39, 0.29) is 5.91 Å². The molecule has 0 bridgehead atoms. The van der Waals surface area contributed by atoms with Gasteiger partial charge in [0.1, 0.15) is 10.9 Å². The fraction of sp³-hybridized carbons (Fsp3) is 0.143. The molecule has 0 aromatic carbocycles. The molecular weight excluding hydrogens is 192 g/mol. The van der Waals surface area contributed by atoms with Crippen LogP contribution < -0.4 is 5.32 Å². The van der Waals surface area contributed by atoms with E-state index < -0.39 is 0 Å². The zero-order valence-electron chi connectivity index (χ0n) is 5.96. The number of thioether (sulfide) groups is 1. The average Bonchev–Trinajstić information content (AvgIpc) is 2.46. The van der Waals surface area contributed by atoms with E-state index in [0.29, 0.717) is 10.6 Å². The molecule has 2 rings (SSSR count). The number of nitrogens with zero attached hydrogens (tertiary/aromatic N) is 1. The maximum absolute atomic E-state index is 10.9. The molecule has 5 heteroatoms. The Bertz CT molecular complexity index is 377. The van der Waals surface area contributed by atoms with E-state index in [9.17, 15) is 4.79 Å². The van der Waals surface area contributed by atoms with E-state index in [0.717, 1.165) is 9.90 Å². The van der Waals surface area contributed by atoms with Crippen LogP contribution in [0.25, 0.3) is 0 Å². The Hall–Kier alpha value is -0.990. The van der Waals surface area contributed by atoms with Crippen molar-refractivity contribution in [1.29, 1.82) is 5.26 Å². The van der Waals surface area contributed by atoms with Crippen molar-refractivity contribution in [2.45, 2.75) is 4.21 Å². The topological polar surface area (TPSA) is 52.9 Å². The normalized spacial score (nSPS) is 14.8. The molecule has 12 heavy (non-hydrogen) atoms. The summed E-state index contributed by atoms with van der Waals surface area (Å²) in [7, 11) is 0. The molecule has 1 aromatic rings. The lowest BCUT2D eigenvalue weighted by Gasteiger charge is -2.10. The Morgan fingerprint density at radius 2 is 2.50 bits per heavy atom. The van der Waals surface area contributed by atoms with Gasteiger partial charge in [-0.2, -0.15) is 5.26 Å². The van der Waals surface area contributed by atoms with Crippen molar-refractivity contribution < 1.29 is 4.79 Å². The zero-order valence-corrected chi connectivity index (χ0v) is 7.59. The van der Waals surface area contributed by atoms with Crippen LogP contribution in [0.3, 0.4) is 0 Å². The molecule has 1 aliphatic heterocycles. The van der Waals surface area contributed by atoms with Crippen molar-refractivity contribution in [2.24, 2.45) is 0 Å². The summed E-state index contributed by atoms with van der Waals surface area (Å²) >= 11 is 2.91. The molecule has 0 saturated carbocycles. The summed E-state index contributed by atoms with van der Waals surface area (Å²) < 4.78 is 1.03. The SMILES string of the molecule is N#Cc1cc2c(s1)SCC(=O)N2. The summed E-state index contributed by atoms with van der Waals surface area (Å²) in [6.07, 6.45) is 0. The van der Waals surface area contributed by atoms with Crippen molar-refractivity contribution in [3.8, 4) is 6.07 Å². The molecule has 0 aliphatic carbocycles. The lowest BCUT2D eigenvalue weighted by Crippen LogP contribution is -2.17. The summed E-state index contributed by atoms with van der Waals surface area (Å²) in [5, 5.41) is 11.3. The monoisotopic (exact) mass is 196 g/mol. The minimum atomic E-state index is 0.00906. The third-order valence-electron chi connectivity index (χ3n) is 1.42. The number of thiophene rings is 1. The number of carbonyl (C=O) groups is 1. The van der Waals surface area contributed by atoms with Gasteiger partial charge < -0.3 is 5.32 Å². The first-order valence-corrected chi connectivity index (χ1v) is 5.06. The second-order valence-electron chi connectivity index (χ2n) is 2.26. The molecular formula is C7H4N2OS2. The maximum Gasteiger partial charge on any atom is 0.234 e. The van der Waals surface area contributed by atoms with E-state index in [1.54, 1.807) is 6.07 Å². The predicted molar refractivity (Wildman–Crippen MR) is 48.4 cm³/mol. The van der Waals surface area contributed by atoms with Crippen molar-refractivity contribution in [2.75, 3.05) is 11.1 Å². The number of rotatable bonds is 0. The van der Waals surface area contributed by atoms with Gasteiger partial charge in [0.15, 0.2) is 0 Å². The molecule has 1 aromatic heterocycles. The highest BCUT2D eigenvalue weighted by atomic mass is 32.2. The van der Waals surface area contributed by atoms with Crippen molar-refractivity contribution in [3.63, 3.8) is 0 Å². The number of nitrogens with one attached hydrogen (secondary N) is 1. The Morgan fingerprint density at radius 1 is 1.67 bits per heavy atom. The van der Waals surface area contributed by atoms with Crippen LogP contribution in [0.15, 0.2) is 10.3 Å². The average molecular weight is 196 g/mol. The van der Waals surface area contributed by atoms with Crippen molar-refractivity contribution in [3.05, 3.63) is 10.9 Å². The van der Waals surface area contributed by atoms with Gasteiger partial charge in [0.05, 0.1) is 15.6 Å². The second-order valence-corrected chi connectivity index (χ2v) is 4.56. The van der Waals surface area contributed by atoms with E-state index in [1.165, 1.54) is 23.1 Å². The van der Waals surface area contributed by atoms with Crippen molar-refractivity contribution in [1.82, 2.24) is 0 Å². The van der Waals surface area contributed by atoms with Gasteiger partial charge in [-0.15, -0.1) is 23.1 Å². The first-order valence-electron chi connectivity index (χ1n) is 3.26. The molecule has 1 aliphatic rings. The quantitative estimate of drug-likeness (QED) is 0.686. The van der Waals surface area contributed by atoms with Crippen LogP contribution in [0.4, 0.5) is 5.69 Å². The number of amides is 1. The lowest BCUT2D eigenvalue weighted by atomic mass is 10.4. The molecule has 0 radical (unpaired) electrons. The standard InChI is InChI=1S/C7H4N2OS2/c8-2-4-1-5-7(12-4)11-3-6(10)9-5/h1H,3H2,(H,9,10). The Morgan fingerprint density at radius 3 is 3.25 bits per heavy atom. The number of carbonyl (C=O) groups excluding carboxylic acids is 1. The first kappa shape index (κ1) is 7.65. The Labute approximate surface area is 77.4 Å². The Kier molecular flexibility index (Phi) is 1.79. The molecule has 0 spiro atoms. The van der Waals surface area contributed by atoms with Gasteiger partial charge in [-0.25, -0.2) is 0 Å². The lowest BCUT2D eigenvalue weighted by molar-refractivity contribution is -0.113. The van der Waals surface area contributed by atoms with Crippen LogP contribution in [0.1, 0.15) is 4.88 Å². The number of anilines is 1. The van der Waals surface area contributed by atoms with Gasteiger partial charge in [-0.1, -0.05) is 0 Å². The molecule has 0 unspecified atom stereocenters. The first-order chi connectivity index (χ1) is 5.79. The maximum atomic E-state index is 10.9. The van der Waals surface area contributed by atoms with E-state index in [4.69, 9.17) is 5.26 Å². The third kappa shape index (κ3) is 1.19. The summed E-state index contributed by atoms with van der Waals surface area (Å²) in [4.78, 5) is 11.6. The second kappa shape index (κ2) is 2.81. The van der Waals surface area contributed by atoms with Gasteiger partial charge >= 0.3 is 0 Å². The largest absolute Gasteiger partial charge is 0.324 e. The Balaban J connectivity index is 2.42. The summed E-state index contributed by atoms with van der Waals surface area (Å²) in [5.41, 5.74) is 0.790. The highest BCUT2D eigenvalue weighted by molar-refractivity contribution is 8.02. The highest BCUT2D eigenvalue weighted by Crippen LogP contribution is 2.38.